The van der Waals surface area contributed by atoms with E-state index in [4.69, 9.17) is 0 Å². The van der Waals surface area contributed by atoms with Gasteiger partial charge in [-0.3, -0.25) is 0 Å². The van der Waals surface area contributed by atoms with Crippen LogP contribution in [0.2, 0.25) is 0 Å². The summed E-state index contributed by atoms with van der Waals surface area (Å²) in [6.07, 6.45) is 3.78. The van der Waals surface area contributed by atoms with Crippen LogP contribution in [-0.4, -0.2) is 13.6 Å². The molecule has 0 spiro atoms. The van der Waals surface area contributed by atoms with E-state index in [0.717, 1.165) is 22.9 Å². The summed E-state index contributed by atoms with van der Waals surface area (Å²) in [5.74, 6) is 1.53. The van der Waals surface area contributed by atoms with Crippen LogP contribution in [0.1, 0.15) is 32.3 Å². The Hall–Kier alpha value is -0.340. The molecule has 0 aromatic heterocycles. The minimum Gasteiger partial charge on any atom is -0.319 e. The van der Waals surface area contributed by atoms with Crippen LogP contribution in [0.25, 0.3) is 0 Å². The van der Waals surface area contributed by atoms with Crippen LogP contribution in [0.3, 0.4) is 0 Å². The minimum absolute atomic E-state index is 0.737. The summed E-state index contributed by atoms with van der Waals surface area (Å²) >= 11 is 3.48. The fourth-order valence-electron chi connectivity index (χ4n) is 2.35. The van der Waals surface area contributed by atoms with E-state index >= 15 is 0 Å². The molecule has 0 fully saturated rings. The summed E-state index contributed by atoms with van der Waals surface area (Å²) in [4.78, 5) is 0. The Balaban J connectivity index is 2.62. The maximum atomic E-state index is 3.48. The van der Waals surface area contributed by atoms with Crippen molar-refractivity contribution in [3.05, 3.63) is 34.3 Å². The van der Waals surface area contributed by atoms with Gasteiger partial charge in [-0.15, -0.1) is 0 Å². The van der Waals surface area contributed by atoms with Gasteiger partial charge in [0.15, 0.2) is 0 Å². The second-order valence-electron chi connectivity index (χ2n) is 4.91. The average molecular weight is 298 g/mol. The molecule has 0 saturated carbocycles. The van der Waals surface area contributed by atoms with Crippen molar-refractivity contribution in [1.82, 2.24) is 5.32 Å². The molecule has 2 atom stereocenters. The highest BCUT2D eigenvalue weighted by Crippen LogP contribution is 2.22. The van der Waals surface area contributed by atoms with Crippen LogP contribution in [0, 0.1) is 11.8 Å². The van der Waals surface area contributed by atoms with E-state index in [9.17, 15) is 0 Å². The third-order valence-corrected chi connectivity index (χ3v) is 3.95. The van der Waals surface area contributed by atoms with Gasteiger partial charge in [0, 0.05) is 4.47 Å². The van der Waals surface area contributed by atoms with Gasteiger partial charge in [-0.25, -0.2) is 0 Å². The number of rotatable bonds is 7. The Labute approximate surface area is 114 Å². The molecule has 17 heavy (non-hydrogen) atoms. The van der Waals surface area contributed by atoms with E-state index in [0.29, 0.717) is 0 Å². The van der Waals surface area contributed by atoms with E-state index in [-0.39, 0.29) is 0 Å². The maximum Gasteiger partial charge on any atom is 0.0175 e. The van der Waals surface area contributed by atoms with Crippen molar-refractivity contribution < 1.29 is 0 Å². The zero-order valence-corrected chi connectivity index (χ0v) is 12.8. The summed E-state index contributed by atoms with van der Waals surface area (Å²) in [7, 11) is 2.05. The van der Waals surface area contributed by atoms with Gasteiger partial charge in [-0.1, -0.05) is 54.8 Å². The fraction of sp³-hybridized carbons (Fsp3) is 0.600. The first kappa shape index (κ1) is 14.7. The molecule has 0 heterocycles. The predicted molar refractivity (Wildman–Crippen MR) is 79.3 cm³/mol. The molecule has 2 unspecified atom stereocenters. The minimum atomic E-state index is 0.737. The number of nitrogens with one attached hydrogen (secondary N) is 1. The van der Waals surface area contributed by atoms with Crippen LogP contribution in [0.15, 0.2) is 28.7 Å². The van der Waals surface area contributed by atoms with Gasteiger partial charge in [0.1, 0.15) is 0 Å². The Morgan fingerprint density at radius 3 is 2.41 bits per heavy atom. The SMILES string of the molecule is CCCC(C)C(CNC)Cc1ccc(Br)cc1. The second kappa shape index (κ2) is 7.88. The lowest BCUT2D eigenvalue weighted by molar-refractivity contribution is 0.325. The molecule has 2 heteroatoms. The molecule has 0 bridgehead atoms. The first-order valence-electron chi connectivity index (χ1n) is 6.56. The molecule has 0 aliphatic rings. The number of benzene rings is 1. The molecular weight excluding hydrogens is 274 g/mol. The van der Waals surface area contributed by atoms with Crippen LogP contribution in [0.4, 0.5) is 0 Å². The molecule has 1 aromatic rings. The smallest absolute Gasteiger partial charge is 0.0175 e. The van der Waals surface area contributed by atoms with Crippen LogP contribution >= 0.6 is 15.9 Å². The highest BCUT2D eigenvalue weighted by atomic mass is 79.9. The highest BCUT2D eigenvalue weighted by Gasteiger charge is 2.16. The lowest BCUT2D eigenvalue weighted by Gasteiger charge is -2.23. The van der Waals surface area contributed by atoms with Crippen molar-refractivity contribution in [3.63, 3.8) is 0 Å². The zero-order chi connectivity index (χ0) is 12.7. The Bertz CT molecular complexity index is 307. The van der Waals surface area contributed by atoms with Crippen LogP contribution in [-0.2, 0) is 6.42 Å². The van der Waals surface area contributed by atoms with Gasteiger partial charge < -0.3 is 5.32 Å². The van der Waals surface area contributed by atoms with E-state index < -0.39 is 0 Å². The largest absolute Gasteiger partial charge is 0.319 e. The standard InChI is InChI=1S/C15H24BrN/c1-4-5-12(2)14(11-17-3)10-13-6-8-15(16)9-7-13/h6-9,12,14,17H,4-5,10-11H2,1-3H3. The van der Waals surface area contributed by atoms with Crippen molar-refractivity contribution in [2.45, 2.75) is 33.1 Å². The third-order valence-electron chi connectivity index (χ3n) is 3.43. The van der Waals surface area contributed by atoms with Gasteiger partial charge in [0.25, 0.3) is 0 Å². The Kier molecular flexibility index (Phi) is 6.83. The molecule has 1 aromatic carbocycles. The predicted octanol–water partition coefficient (Wildman–Crippen LogP) is 4.26. The lowest BCUT2D eigenvalue weighted by Crippen LogP contribution is -2.26. The van der Waals surface area contributed by atoms with Crippen molar-refractivity contribution in [1.29, 1.82) is 0 Å². The van der Waals surface area contributed by atoms with Gasteiger partial charge in [0.05, 0.1) is 0 Å². The molecular formula is C15H24BrN. The molecule has 0 radical (unpaired) electrons. The second-order valence-corrected chi connectivity index (χ2v) is 5.83. The van der Waals surface area contributed by atoms with E-state index in [1.54, 1.807) is 0 Å². The lowest BCUT2D eigenvalue weighted by atomic mass is 9.85. The van der Waals surface area contributed by atoms with Crippen molar-refractivity contribution in [2.24, 2.45) is 11.8 Å². The van der Waals surface area contributed by atoms with Crippen molar-refractivity contribution in [2.75, 3.05) is 13.6 Å². The number of halogens is 1. The molecule has 0 saturated heterocycles. The summed E-state index contributed by atoms with van der Waals surface area (Å²) < 4.78 is 1.16. The summed E-state index contributed by atoms with van der Waals surface area (Å²) in [5, 5.41) is 3.33. The van der Waals surface area contributed by atoms with Crippen molar-refractivity contribution >= 4 is 15.9 Å². The van der Waals surface area contributed by atoms with Gasteiger partial charge in [0.2, 0.25) is 0 Å². The van der Waals surface area contributed by atoms with Gasteiger partial charge in [-0.05, 0) is 49.5 Å². The first-order chi connectivity index (χ1) is 8.17. The molecule has 0 aliphatic heterocycles. The van der Waals surface area contributed by atoms with E-state index in [1.165, 1.54) is 24.8 Å². The zero-order valence-electron chi connectivity index (χ0n) is 11.2. The monoisotopic (exact) mass is 297 g/mol. The molecule has 1 N–H and O–H groups in total. The highest BCUT2D eigenvalue weighted by molar-refractivity contribution is 9.10. The maximum absolute atomic E-state index is 3.48. The summed E-state index contributed by atoms with van der Waals surface area (Å²) in [5.41, 5.74) is 1.44. The summed E-state index contributed by atoms with van der Waals surface area (Å²) in [6, 6.07) is 8.73. The third kappa shape index (κ3) is 5.22. The van der Waals surface area contributed by atoms with Gasteiger partial charge >= 0.3 is 0 Å². The Morgan fingerprint density at radius 1 is 1.24 bits per heavy atom. The van der Waals surface area contributed by atoms with Gasteiger partial charge in [-0.2, -0.15) is 0 Å². The number of hydrogen-bond donors (Lipinski definition) is 1. The molecule has 1 nitrogen and oxygen atoms in total. The molecule has 0 amide bonds. The van der Waals surface area contributed by atoms with Crippen LogP contribution < -0.4 is 5.32 Å². The van der Waals surface area contributed by atoms with Crippen LogP contribution in [0.5, 0.6) is 0 Å². The molecule has 96 valence electrons. The fourth-order valence-corrected chi connectivity index (χ4v) is 2.62. The van der Waals surface area contributed by atoms with Crippen molar-refractivity contribution in [3.8, 4) is 0 Å². The average Bonchev–Trinajstić information content (AvgIpc) is 2.31. The Morgan fingerprint density at radius 2 is 1.88 bits per heavy atom. The normalized spacial score (nSPS) is 14.6. The topological polar surface area (TPSA) is 12.0 Å². The first-order valence-corrected chi connectivity index (χ1v) is 7.35. The molecule has 0 aliphatic carbocycles. The quantitative estimate of drug-likeness (QED) is 0.793. The van der Waals surface area contributed by atoms with E-state index in [2.05, 4.69) is 59.4 Å². The summed E-state index contributed by atoms with van der Waals surface area (Å²) in [6.45, 7) is 5.76. The van der Waals surface area contributed by atoms with E-state index in [1.807, 2.05) is 7.05 Å². The molecule has 1 rings (SSSR count). The number of hydrogen-bond acceptors (Lipinski definition) is 1.